The minimum absolute atomic E-state index is 0.0681. The van der Waals surface area contributed by atoms with Gasteiger partial charge >= 0.3 is 0 Å². The quantitative estimate of drug-likeness (QED) is 0.306. The predicted molar refractivity (Wildman–Crippen MR) is 41.3 cm³/mol. The van der Waals surface area contributed by atoms with E-state index in [1.165, 1.54) is 0 Å². The van der Waals surface area contributed by atoms with Gasteiger partial charge in [-0.05, 0) is 0 Å². The number of carbonyl (C=O) groups is 2. The van der Waals surface area contributed by atoms with Crippen molar-refractivity contribution in [3.63, 3.8) is 0 Å². The molecule has 0 bridgehead atoms. The summed E-state index contributed by atoms with van der Waals surface area (Å²) in [4.78, 5) is 21.1. The molecular weight excluding hydrogens is 180 g/mol. The van der Waals surface area contributed by atoms with Gasteiger partial charge in [-0.2, -0.15) is 0 Å². The van der Waals surface area contributed by atoms with Gasteiger partial charge in [-0.25, -0.2) is 0 Å². The lowest BCUT2D eigenvalue weighted by molar-refractivity contribution is -0.144. The zero-order chi connectivity index (χ0) is 10.4. The largest absolute Gasteiger partial charge is 0.395 e. The van der Waals surface area contributed by atoms with E-state index in [-0.39, 0.29) is 13.2 Å². The number of amides is 2. The van der Waals surface area contributed by atoms with Gasteiger partial charge in [0, 0.05) is 6.54 Å². The second kappa shape index (κ2) is 5.46. The first-order chi connectivity index (χ1) is 6.00. The van der Waals surface area contributed by atoms with Crippen LogP contribution in [0.15, 0.2) is 0 Å². The van der Waals surface area contributed by atoms with Gasteiger partial charge in [0.05, 0.1) is 6.61 Å². The number of hydrogen-bond acceptors (Lipinski definition) is 5. The van der Waals surface area contributed by atoms with Gasteiger partial charge in [0.15, 0.2) is 12.2 Å². The first kappa shape index (κ1) is 11.8. The van der Waals surface area contributed by atoms with Gasteiger partial charge in [0.1, 0.15) is 0 Å². The van der Waals surface area contributed by atoms with Crippen molar-refractivity contribution in [1.29, 1.82) is 0 Å². The average molecular weight is 192 g/mol. The lowest BCUT2D eigenvalue weighted by atomic mass is 10.2. The Morgan fingerprint density at radius 2 is 1.85 bits per heavy atom. The van der Waals surface area contributed by atoms with Crippen LogP contribution in [0.1, 0.15) is 0 Å². The van der Waals surface area contributed by atoms with Crippen LogP contribution >= 0.6 is 0 Å². The summed E-state index contributed by atoms with van der Waals surface area (Å²) in [5.41, 5.74) is 4.63. The molecule has 0 heterocycles. The number of rotatable bonds is 5. The summed E-state index contributed by atoms with van der Waals surface area (Å²) in [5, 5.41) is 28.1. The fraction of sp³-hybridized carbons (Fsp3) is 0.667. The third-order valence-electron chi connectivity index (χ3n) is 1.27. The molecule has 0 saturated carbocycles. The zero-order valence-electron chi connectivity index (χ0n) is 6.80. The number of hydrogen-bond donors (Lipinski definition) is 5. The lowest BCUT2D eigenvalue weighted by Crippen LogP contribution is -2.48. The standard InChI is InChI=1S/C6H12N2O5/c7-5(12)3(10)4(11)6(13)8-1-2-9/h3-4,9-11H,1-2H2,(H2,7,12)(H,8,13)/t3-,4-/m1/s1. The maximum atomic E-state index is 10.8. The molecule has 0 saturated heterocycles. The van der Waals surface area contributed by atoms with Gasteiger partial charge < -0.3 is 26.4 Å². The van der Waals surface area contributed by atoms with Crippen LogP contribution in [-0.2, 0) is 9.59 Å². The SMILES string of the molecule is NC(=O)[C@H](O)[C@@H](O)C(=O)NCCO. The molecule has 0 fully saturated rings. The minimum atomic E-state index is -1.93. The maximum Gasteiger partial charge on any atom is 0.252 e. The Bertz CT molecular complexity index is 195. The summed E-state index contributed by atoms with van der Waals surface area (Å²) in [5.74, 6) is -2.15. The molecule has 0 aliphatic heterocycles. The molecule has 0 aliphatic carbocycles. The Labute approximate surface area is 74.2 Å². The molecule has 2 amide bonds. The molecule has 0 aliphatic rings. The monoisotopic (exact) mass is 192 g/mol. The van der Waals surface area contributed by atoms with Crippen molar-refractivity contribution in [1.82, 2.24) is 5.32 Å². The Morgan fingerprint density at radius 1 is 1.31 bits per heavy atom. The van der Waals surface area contributed by atoms with Crippen LogP contribution < -0.4 is 11.1 Å². The van der Waals surface area contributed by atoms with E-state index in [2.05, 4.69) is 11.1 Å². The van der Waals surface area contributed by atoms with Crippen molar-refractivity contribution in [3.05, 3.63) is 0 Å². The highest BCUT2D eigenvalue weighted by Crippen LogP contribution is 1.92. The minimum Gasteiger partial charge on any atom is -0.395 e. The van der Waals surface area contributed by atoms with Crippen LogP contribution in [0.4, 0.5) is 0 Å². The van der Waals surface area contributed by atoms with Crippen molar-refractivity contribution >= 4 is 11.8 Å². The molecule has 0 aromatic carbocycles. The first-order valence-corrected chi connectivity index (χ1v) is 3.54. The molecule has 0 aromatic rings. The highest BCUT2D eigenvalue weighted by Gasteiger charge is 2.27. The van der Waals surface area contributed by atoms with E-state index in [4.69, 9.17) is 15.3 Å². The Hall–Kier alpha value is -1.18. The van der Waals surface area contributed by atoms with Crippen LogP contribution in [0, 0.1) is 0 Å². The normalized spacial score (nSPS) is 14.7. The van der Waals surface area contributed by atoms with Crippen LogP contribution in [0.3, 0.4) is 0 Å². The average Bonchev–Trinajstić information content (AvgIpc) is 2.11. The van der Waals surface area contributed by atoms with Gasteiger partial charge in [-0.15, -0.1) is 0 Å². The number of carbonyl (C=O) groups excluding carboxylic acids is 2. The molecule has 13 heavy (non-hydrogen) atoms. The summed E-state index contributed by atoms with van der Waals surface area (Å²) in [6.07, 6.45) is -3.83. The van der Waals surface area contributed by atoms with Crippen molar-refractivity contribution in [2.75, 3.05) is 13.2 Å². The number of nitrogens with two attached hydrogens (primary N) is 1. The van der Waals surface area contributed by atoms with Crippen molar-refractivity contribution < 1.29 is 24.9 Å². The molecule has 0 spiro atoms. The van der Waals surface area contributed by atoms with Crippen LogP contribution in [0.5, 0.6) is 0 Å². The van der Waals surface area contributed by atoms with E-state index in [9.17, 15) is 9.59 Å². The van der Waals surface area contributed by atoms with Gasteiger partial charge in [-0.1, -0.05) is 0 Å². The van der Waals surface area contributed by atoms with Gasteiger partial charge in [0.2, 0.25) is 5.91 Å². The number of primary amides is 1. The molecule has 6 N–H and O–H groups in total. The van der Waals surface area contributed by atoms with E-state index in [1.807, 2.05) is 0 Å². The van der Waals surface area contributed by atoms with Crippen LogP contribution in [-0.4, -0.2) is 52.5 Å². The van der Waals surface area contributed by atoms with Gasteiger partial charge in [-0.3, -0.25) is 9.59 Å². The van der Waals surface area contributed by atoms with E-state index in [0.29, 0.717) is 0 Å². The number of aliphatic hydroxyl groups excluding tert-OH is 3. The molecule has 0 unspecified atom stereocenters. The molecule has 76 valence electrons. The van der Waals surface area contributed by atoms with E-state index in [0.717, 1.165) is 0 Å². The smallest absolute Gasteiger partial charge is 0.252 e. The van der Waals surface area contributed by atoms with Crippen molar-refractivity contribution in [3.8, 4) is 0 Å². The fourth-order valence-corrected chi connectivity index (χ4v) is 0.583. The van der Waals surface area contributed by atoms with Crippen molar-refractivity contribution in [2.24, 2.45) is 5.73 Å². The molecule has 0 radical (unpaired) electrons. The highest BCUT2D eigenvalue weighted by molar-refractivity contribution is 5.89. The molecule has 0 rings (SSSR count). The summed E-state index contributed by atoms with van der Waals surface area (Å²) < 4.78 is 0. The Kier molecular flexibility index (Phi) is 4.97. The maximum absolute atomic E-state index is 10.8. The van der Waals surface area contributed by atoms with Crippen LogP contribution in [0.25, 0.3) is 0 Å². The fourth-order valence-electron chi connectivity index (χ4n) is 0.583. The van der Waals surface area contributed by atoms with E-state index < -0.39 is 24.0 Å². The predicted octanol–water partition coefficient (Wildman–Crippen LogP) is -3.70. The number of nitrogens with one attached hydrogen (secondary N) is 1. The molecule has 2 atom stereocenters. The van der Waals surface area contributed by atoms with E-state index in [1.54, 1.807) is 0 Å². The van der Waals surface area contributed by atoms with E-state index >= 15 is 0 Å². The zero-order valence-corrected chi connectivity index (χ0v) is 6.80. The Balaban J connectivity index is 4.01. The summed E-state index contributed by atoms with van der Waals surface area (Å²) in [7, 11) is 0. The Morgan fingerprint density at radius 3 is 2.23 bits per heavy atom. The third-order valence-corrected chi connectivity index (χ3v) is 1.27. The highest BCUT2D eigenvalue weighted by atomic mass is 16.3. The van der Waals surface area contributed by atoms with Crippen LogP contribution in [0.2, 0.25) is 0 Å². The lowest BCUT2D eigenvalue weighted by Gasteiger charge is -2.13. The topological polar surface area (TPSA) is 133 Å². The molecule has 7 heteroatoms. The first-order valence-electron chi connectivity index (χ1n) is 3.54. The molecular formula is C6H12N2O5. The summed E-state index contributed by atoms with van der Waals surface area (Å²) >= 11 is 0. The number of aliphatic hydroxyl groups is 3. The van der Waals surface area contributed by atoms with Gasteiger partial charge in [0.25, 0.3) is 5.91 Å². The van der Waals surface area contributed by atoms with Crippen molar-refractivity contribution in [2.45, 2.75) is 12.2 Å². The summed E-state index contributed by atoms with van der Waals surface area (Å²) in [6.45, 7) is -0.369. The summed E-state index contributed by atoms with van der Waals surface area (Å²) in [6, 6.07) is 0. The molecule has 7 nitrogen and oxygen atoms in total. The third kappa shape index (κ3) is 3.83. The molecule has 0 aromatic heterocycles. The second-order valence-corrected chi connectivity index (χ2v) is 2.31. The second-order valence-electron chi connectivity index (χ2n) is 2.31.